The third-order valence-corrected chi connectivity index (χ3v) is 5.55. The first-order valence-electron chi connectivity index (χ1n) is 9.83. The van der Waals surface area contributed by atoms with Gasteiger partial charge in [-0.3, -0.25) is 0 Å². The number of rotatable bonds is 13. The van der Waals surface area contributed by atoms with Crippen LogP contribution in [0.1, 0.15) is 63.9 Å². The summed E-state index contributed by atoms with van der Waals surface area (Å²) in [5, 5.41) is 0. The van der Waals surface area contributed by atoms with Crippen LogP contribution in [-0.2, 0) is 0 Å². The molecule has 0 bridgehead atoms. The molecule has 0 radical (unpaired) electrons. The van der Waals surface area contributed by atoms with Crippen molar-refractivity contribution in [1.82, 2.24) is 9.97 Å². The zero-order valence-electron chi connectivity index (χ0n) is 16.3. The molecule has 1 aromatic carbocycles. The molecule has 0 aliphatic carbocycles. The molecule has 148 valence electrons. The summed E-state index contributed by atoms with van der Waals surface area (Å²) >= 11 is 5.10. The maximum atomic E-state index is 5.75. The molecular weight excluding hydrogens is 422 g/mol. The van der Waals surface area contributed by atoms with Crippen LogP contribution in [0.5, 0.6) is 11.8 Å². The van der Waals surface area contributed by atoms with Gasteiger partial charge in [0.05, 0.1) is 4.47 Å². The lowest BCUT2D eigenvalue weighted by Gasteiger charge is -2.10. The van der Waals surface area contributed by atoms with E-state index in [4.69, 9.17) is 4.74 Å². The first kappa shape index (κ1) is 22.0. The van der Waals surface area contributed by atoms with Crippen LogP contribution in [0.25, 0.3) is 0 Å². The number of anilines is 1. The fourth-order valence-electron chi connectivity index (χ4n) is 2.72. The first-order chi connectivity index (χ1) is 13.2. The van der Waals surface area contributed by atoms with Crippen molar-refractivity contribution in [2.45, 2.75) is 65.2 Å². The molecule has 0 saturated carbocycles. The van der Waals surface area contributed by atoms with Gasteiger partial charge in [-0.25, -0.2) is 9.97 Å². The minimum Gasteiger partial charge on any atom is -0.424 e. The largest absolute Gasteiger partial charge is 0.424 e. The smallest absolute Gasteiger partial charge is 0.321 e. The minimum atomic E-state index is 0.353. The van der Waals surface area contributed by atoms with E-state index in [1.165, 1.54) is 51.4 Å². The van der Waals surface area contributed by atoms with Gasteiger partial charge in [0.2, 0.25) is 0 Å². The zero-order valence-corrected chi connectivity index (χ0v) is 18.7. The van der Waals surface area contributed by atoms with Gasteiger partial charge >= 0.3 is 6.01 Å². The summed E-state index contributed by atoms with van der Waals surface area (Å²) in [6.45, 7) is 4.30. The van der Waals surface area contributed by atoms with Crippen molar-refractivity contribution in [1.29, 1.82) is 0 Å². The van der Waals surface area contributed by atoms with Crippen LogP contribution in [-0.4, -0.2) is 15.7 Å². The Labute approximate surface area is 176 Å². The molecule has 4 nitrogen and oxygen atoms in total. The van der Waals surface area contributed by atoms with Crippen LogP contribution < -0.4 is 9.46 Å². The number of ether oxygens (including phenoxy) is 1. The van der Waals surface area contributed by atoms with Crippen LogP contribution in [0, 0.1) is 6.92 Å². The third kappa shape index (κ3) is 8.98. The molecule has 0 unspecified atom stereocenters. The zero-order chi connectivity index (χ0) is 19.3. The van der Waals surface area contributed by atoms with E-state index in [-0.39, 0.29) is 0 Å². The lowest BCUT2D eigenvalue weighted by molar-refractivity contribution is 0.438. The van der Waals surface area contributed by atoms with E-state index in [9.17, 15) is 0 Å². The lowest BCUT2D eigenvalue weighted by atomic mass is 10.1. The van der Waals surface area contributed by atoms with Crippen molar-refractivity contribution >= 4 is 33.6 Å². The summed E-state index contributed by atoms with van der Waals surface area (Å²) in [6, 6.07) is 6.43. The van der Waals surface area contributed by atoms with E-state index in [0.717, 1.165) is 27.2 Å². The van der Waals surface area contributed by atoms with Crippen molar-refractivity contribution in [3.8, 4) is 11.8 Å². The van der Waals surface area contributed by atoms with Gasteiger partial charge < -0.3 is 9.46 Å². The summed E-state index contributed by atoms with van der Waals surface area (Å²) < 4.78 is 10.0. The van der Waals surface area contributed by atoms with Crippen LogP contribution in [0.4, 0.5) is 5.69 Å². The molecule has 0 aliphatic rings. The molecule has 0 aliphatic heterocycles. The van der Waals surface area contributed by atoms with E-state index in [1.54, 1.807) is 24.3 Å². The lowest BCUT2D eigenvalue weighted by Crippen LogP contribution is -1.95. The Morgan fingerprint density at radius 1 is 1.00 bits per heavy atom. The molecule has 1 heterocycles. The number of halogens is 1. The highest BCUT2D eigenvalue weighted by Gasteiger charge is 2.05. The second-order valence-electron chi connectivity index (χ2n) is 6.69. The fraction of sp³-hybridized carbons (Fsp3) is 0.524. The van der Waals surface area contributed by atoms with E-state index in [2.05, 4.69) is 43.6 Å². The third-order valence-electron chi connectivity index (χ3n) is 4.26. The molecule has 0 atom stereocenters. The molecule has 27 heavy (non-hydrogen) atoms. The van der Waals surface area contributed by atoms with Crippen LogP contribution in [0.15, 0.2) is 35.1 Å². The van der Waals surface area contributed by atoms with E-state index in [0.29, 0.717) is 6.01 Å². The van der Waals surface area contributed by atoms with Gasteiger partial charge in [-0.15, -0.1) is 0 Å². The summed E-state index contributed by atoms with van der Waals surface area (Å²) in [5.74, 6) is 1.91. The first-order valence-corrected chi connectivity index (χ1v) is 11.6. The molecule has 1 N–H and O–H groups in total. The molecular formula is C21H30BrN3OS. The summed E-state index contributed by atoms with van der Waals surface area (Å²) in [6.07, 6.45) is 14.2. The number of hydrogen-bond acceptors (Lipinski definition) is 5. The SMILES string of the molecule is CCCCCCCCCCSNc1ccc(Oc2ncc(Br)cn2)c(C)c1. The fourth-order valence-corrected chi connectivity index (χ4v) is 3.67. The number of unbranched alkanes of at least 4 members (excludes halogenated alkanes) is 7. The Hall–Kier alpha value is -1.27. The second kappa shape index (κ2) is 13.0. The summed E-state index contributed by atoms with van der Waals surface area (Å²) in [5.41, 5.74) is 2.15. The number of aromatic nitrogens is 2. The topological polar surface area (TPSA) is 47.0 Å². The molecule has 2 rings (SSSR count). The molecule has 0 fully saturated rings. The Morgan fingerprint density at radius 3 is 2.33 bits per heavy atom. The Bertz CT molecular complexity index is 667. The second-order valence-corrected chi connectivity index (χ2v) is 8.51. The van der Waals surface area contributed by atoms with E-state index >= 15 is 0 Å². The Morgan fingerprint density at radius 2 is 1.67 bits per heavy atom. The van der Waals surface area contributed by atoms with Crippen molar-refractivity contribution < 1.29 is 4.74 Å². The summed E-state index contributed by atoms with van der Waals surface area (Å²) in [7, 11) is 0. The van der Waals surface area contributed by atoms with Crippen LogP contribution in [0.2, 0.25) is 0 Å². The van der Waals surface area contributed by atoms with Crippen LogP contribution >= 0.6 is 27.9 Å². The van der Waals surface area contributed by atoms with E-state index in [1.807, 2.05) is 19.1 Å². The van der Waals surface area contributed by atoms with Gasteiger partial charge in [-0.1, -0.05) is 63.8 Å². The Balaban J connectivity index is 1.63. The van der Waals surface area contributed by atoms with E-state index < -0.39 is 0 Å². The maximum absolute atomic E-state index is 5.75. The van der Waals surface area contributed by atoms with Gasteiger partial charge in [-0.2, -0.15) is 0 Å². The highest BCUT2D eigenvalue weighted by atomic mass is 79.9. The van der Waals surface area contributed by atoms with Gasteiger partial charge in [0.25, 0.3) is 0 Å². The predicted octanol–water partition coefficient (Wildman–Crippen LogP) is 7.54. The molecule has 1 aromatic heterocycles. The average molecular weight is 452 g/mol. The Kier molecular flexibility index (Phi) is 10.6. The van der Waals surface area contributed by atoms with Crippen molar-refractivity contribution in [2.24, 2.45) is 0 Å². The van der Waals surface area contributed by atoms with Gasteiger partial charge in [0.15, 0.2) is 0 Å². The number of benzene rings is 1. The average Bonchev–Trinajstić information content (AvgIpc) is 2.67. The normalized spacial score (nSPS) is 10.8. The quantitative estimate of drug-likeness (QED) is 0.251. The highest BCUT2D eigenvalue weighted by molar-refractivity contribution is 9.10. The van der Waals surface area contributed by atoms with Gasteiger partial charge in [0, 0.05) is 23.8 Å². The molecule has 2 aromatic rings. The number of nitrogens with zero attached hydrogens (tertiary/aromatic N) is 2. The predicted molar refractivity (Wildman–Crippen MR) is 120 cm³/mol. The number of hydrogen-bond donors (Lipinski definition) is 1. The standard InChI is InChI=1S/C21H30BrN3OS/c1-3-4-5-6-7-8-9-10-13-27-25-19-11-12-20(17(2)14-19)26-21-23-15-18(22)16-24-21/h11-12,14-16,25H,3-10,13H2,1-2H3. The molecule has 0 spiro atoms. The van der Waals surface area contributed by atoms with Crippen molar-refractivity contribution in [2.75, 3.05) is 10.5 Å². The highest BCUT2D eigenvalue weighted by Crippen LogP contribution is 2.27. The molecule has 6 heteroatoms. The molecule has 0 saturated heterocycles. The monoisotopic (exact) mass is 451 g/mol. The number of nitrogens with one attached hydrogen (secondary N) is 1. The number of aryl methyl sites for hydroxylation is 1. The van der Waals surface area contributed by atoms with Gasteiger partial charge in [-0.05, 0) is 53.0 Å². The van der Waals surface area contributed by atoms with Crippen LogP contribution in [0.3, 0.4) is 0 Å². The van der Waals surface area contributed by atoms with Crippen molar-refractivity contribution in [3.05, 3.63) is 40.6 Å². The summed E-state index contributed by atoms with van der Waals surface area (Å²) in [4.78, 5) is 8.29. The van der Waals surface area contributed by atoms with Gasteiger partial charge in [0.1, 0.15) is 5.75 Å². The van der Waals surface area contributed by atoms with Crippen molar-refractivity contribution in [3.63, 3.8) is 0 Å². The minimum absolute atomic E-state index is 0.353. The molecule has 0 amide bonds. The maximum Gasteiger partial charge on any atom is 0.321 e.